The SMILES string of the molecule is N#Cc1ccc(C(F)(F)F)nc1NCC1CCN(C(=O)O)CC1. The molecule has 1 aliphatic heterocycles. The molecule has 124 valence electrons. The van der Waals surface area contributed by atoms with Crippen LogP contribution >= 0.6 is 0 Å². The van der Waals surface area contributed by atoms with Gasteiger partial charge in [0.25, 0.3) is 0 Å². The summed E-state index contributed by atoms with van der Waals surface area (Å²) in [5.41, 5.74) is -1.01. The molecule has 23 heavy (non-hydrogen) atoms. The van der Waals surface area contributed by atoms with Crippen LogP contribution in [0.4, 0.5) is 23.8 Å². The molecule has 0 spiro atoms. The van der Waals surface area contributed by atoms with Crippen LogP contribution < -0.4 is 5.32 Å². The molecule has 0 saturated carbocycles. The van der Waals surface area contributed by atoms with Crippen molar-refractivity contribution < 1.29 is 23.1 Å². The Morgan fingerprint density at radius 1 is 1.43 bits per heavy atom. The van der Waals surface area contributed by atoms with Crippen LogP contribution in [0.25, 0.3) is 0 Å². The first-order chi connectivity index (χ1) is 10.8. The Kier molecular flexibility index (Phi) is 4.93. The highest BCUT2D eigenvalue weighted by atomic mass is 19.4. The van der Waals surface area contributed by atoms with E-state index in [0.717, 1.165) is 12.1 Å². The summed E-state index contributed by atoms with van der Waals surface area (Å²) in [6, 6.07) is 3.67. The molecule has 0 radical (unpaired) electrons. The number of hydrogen-bond acceptors (Lipinski definition) is 4. The largest absolute Gasteiger partial charge is 0.465 e. The van der Waals surface area contributed by atoms with Gasteiger partial charge < -0.3 is 15.3 Å². The first kappa shape index (κ1) is 16.9. The molecular weight excluding hydrogens is 313 g/mol. The molecular formula is C14H15F3N4O2. The number of nitrogens with one attached hydrogen (secondary N) is 1. The number of anilines is 1. The molecule has 2 heterocycles. The third kappa shape index (κ3) is 4.25. The number of piperidine rings is 1. The number of likely N-dealkylation sites (tertiary alicyclic amines) is 1. The fourth-order valence-corrected chi connectivity index (χ4v) is 2.41. The molecule has 6 nitrogen and oxygen atoms in total. The molecule has 0 aliphatic carbocycles. The van der Waals surface area contributed by atoms with Crippen molar-refractivity contribution in [3.63, 3.8) is 0 Å². The summed E-state index contributed by atoms with van der Waals surface area (Å²) in [7, 11) is 0. The first-order valence-electron chi connectivity index (χ1n) is 7.01. The third-order valence-electron chi connectivity index (χ3n) is 3.75. The number of halogens is 3. The van der Waals surface area contributed by atoms with E-state index in [-0.39, 0.29) is 17.3 Å². The van der Waals surface area contributed by atoms with Crippen LogP contribution in [0.15, 0.2) is 12.1 Å². The van der Waals surface area contributed by atoms with Gasteiger partial charge >= 0.3 is 12.3 Å². The molecule has 0 bridgehead atoms. The number of aromatic nitrogens is 1. The van der Waals surface area contributed by atoms with Gasteiger partial charge in [-0.25, -0.2) is 9.78 Å². The molecule has 1 fully saturated rings. The van der Waals surface area contributed by atoms with Gasteiger partial charge in [0.1, 0.15) is 17.6 Å². The lowest BCUT2D eigenvalue weighted by molar-refractivity contribution is -0.141. The van der Waals surface area contributed by atoms with Gasteiger partial charge in [-0.15, -0.1) is 0 Å². The van der Waals surface area contributed by atoms with Crippen molar-refractivity contribution >= 4 is 11.9 Å². The first-order valence-corrected chi connectivity index (χ1v) is 7.01. The molecule has 1 aliphatic rings. The number of nitrogens with zero attached hydrogens (tertiary/aromatic N) is 3. The highest BCUT2D eigenvalue weighted by molar-refractivity contribution is 5.65. The lowest BCUT2D eigenvalue weighted by Gasteiger charge is -2.30. The van der Waals surface area contributed by atoms with Crippen LogP contribution in [0, 0.1) is 17.2 Å². The zero-order chi connectivity index (χ0) is 17.0. The standard InChI is InChI=1S/C14H15F3N4O2/c15-14(16,17)11-2-1-10(7-18)12(20-11)19-8-9-3-5-21(6-4-9)13(22)23/h1-2,9H,3-6,8H2,(H,19,20)(H,22,23). The summed E-state index contributed by atoms with van der Waals surface area (Å²) in [6.07, 6.45) is -4.32. The molecule has 2 rings (SSSR count). The minimum atomic E-state index is -4.57. The van der Waals surface area contributed by atoms with Crippen LogP contribution in [-0.4, -0.2) is 40.7 Å². The van der Waals surface area contributed by atoms with Gasteiger partial charge in [0.2, 0.25) is 0 Å². The lowest BCUT2D eigenvalue weighted by Crippen LogP contribution is -2.39. The van der Waals surface area contributed by atoms with Gasteiger partial charge in [0.15, 0.2) is 0 Å². The smallest absolute Gasteiger partial charge is 0.433 e. The summed E-state index contributed by atoms with van der Waals surface area (Å²) >= 11 is 0. The average Bonchev–Trinajstić information content (AvgIpc) is 2.52. The van der Waals surface area contributed by atoms with Crippen LogP contribution in [0.2, 0.25) is 0 Å². The van der Waals surface area contributed by atoms with E-state index >= 15 is 0 Å². The highest BCUT2D eigenvalue weighted by Crippen LogP contribution is 2.29. The number of amides is 1. The summed E-state index contributed by atoms with van der Waals surface area (Å²) in [5.74, 6) is 0.0245. The zero-order valence-electron chi connectivity index (χ0n) is 12.1. The van der Waals surface area contributed by atoms with Crippen molar-refractivity contribution in [2.24, 2.45) is 5.92 Å². The molecule has 1 amide bonds. The fourth-order valence-electron chi connectivity index (χ4n) is 2.41. The van der Waals surface area contributed by atoms with Gasteiger partial charge in [-0.05, 0) is 30.9 Å². The molecule has 1 aromatic heterocycles. The molecule has 1 aromatic rings. The van der Waals surface area contributed by atoms with E-state index in [2.05, 4.69) is 10.3 Å². The van der Waals surface area contributed by atoms with Crippen LogP contribution in [0.3, 0.4) is 0 Å². The maximum Gasteiger partial charge on any atom is 0.433 e. The Labute approximate surface area is 130 Å². The molecule has 0 atom stereocenters. The van der Waals surface area contributed by atoms with Crippen LogP contribution in [0.1, 0.15) is 24.1 Å². The van der Waals surface area contributed by atoms with E-state index in [0.29, 0.717) is 32.5 Å². The van der Waals surface area contributed by atoms with Crippen molar-refractivity contribution in [2.45, 2.75) is 19.0 Å². The Bertz CT molecular complexity index is 619. The number of carbonyl (C=O) groups is 1. The van der Waals surface area contributed by atoms with E-state index < -0.39 is 18.0 Å². The highest BCUT2D eigenvalue weighted by Gasteiger charge is 2.33. The van der Waals surface area contributed by atoms with Gasteiger partial charge in [0, 0.05) is 19.6 Å². The Hall–Kier alpha value is -2.50. The van der Waals surface area contributed by atoms with Gasteiger partial charge in [-0.3, -0.25) is 0 Å². The maximum absolute atomic E-state index is 12.7. The van der Waals surface area contributed by atoms with E-state index in [1.165, 1.54) is 4.90 Å². The molecule has 9 heteroatoms. The number of hydrogen-bond donors (Lipinski definition) is 2. The fraction of sp³-hybridized carbons (Fsp3) is 0.500. The van der Waals surface area contributed by atoms with E-state index in [4.69, 9.17) is 10.4 Å². The van der Waals surface area contributed by atoms with Gasteiger partial charge in [-0.2, -0.15) is 18.4 Å². The van der Waals surface area contributed by atoms with Crippen molar-refractivity contribution in [3.05, 3.63) is 23.4 Å². The van der Waals surface area contributed by atoms with E-state index in [9.17, 15) is 18.0 Å². The summed E-state index contributed by atoms with van der Waals surface area (Å²) in [5, 5.41) is 20.6. The number of rotatable bonds is 3. The second-order valence-electron chi connectivity index (χ2n) is 5.30. The number of pyridine rings is 1. The van der Waals surface area contributed by atoms with E-state index in [1.54, 1.807) is 6.07 Å². The molecule has 2 N–H and O–H groups in total. The summed E-state index contributed by atoms with van der Waals surface area (Å²) < 4.78 is 38.0. The van der Waals surface area contributed by atoms with E-state index in [1.807, 2.05) is 0 Å². The zero-order valence-corrected chi connectivity index (χ0v) is 12.1. The second kappa shape index (κ2) is 6.73. The number of nitriles is 1. The Morgan fingerprint density at radius 2 is 2.09 bits per heavy atom. The Morgan fingerprint density at radius 3 is 2.61 bits per heavy atom. The monoisotopic (exact) mass is 328 g/mol. The predicted molar refractivity (Wildman–Crippen MR) is 74.8 cm³/mol. The maximum atomic E-state index is 12.7. The average molecular weight is 328 g/mol. The third-order valence-corrected chi connectivity index (χ3v) is 3.75. The molecule has 0 aromatic carbocycles. The predicted octanol–water partition coefficient (Wildman–Crippen LogP) is 2.77. The summed E-state index contributed by atoms with van der Waals surface area (Å²) in [6.45, 7) is 1.13. The van der Waals surface area contributed by atoms with Crippen molar-refractivity contribution in [2.75, 3.05) is 25.0 Å². The van der Waals surface area contributed by atoms with Crippen molar-refractivity contribution in [1.82, 2.24) is 9.88 Å². The van der Waals surface area contributed by atoms with Crippen molar-refractivity contribution in [1.29, 1.82) is 5.26 Å². The number of alkyl halides is 3. The van der Waals surface area contributed by atoms with Crippen LogP contribution in [0.5, 0.6) is 0 Å². The normalized spacial score (nSPS) is 16.0. The minimum absolute atomic E-state index is 0.0426. The lowest BCUT2D eigenvalue weighted by atomic mass is 9.97. The summed E-state index contributed by atoms with van der Waals surface area (Å²) in [4.78, 5) is 15.6. The second-order valence-corrected chi connectivity index (χ2v) is 5.30. The van der Waals surface area contributed by atoms with Gasteiger partial charge in [-0.1, -0.05) is 0 Å². The molecule has 1 saturated heterocycles. The Balaban J connectivity index is 2.00. The van der Waals surface area contributed by atoms with Crippen molar-refractivity contribution in [3.8, 4) is 6.07 Å². The topological polar surface area (TPSA) is 89.3 Å². The quantitative estimate of drug-likeness (QED) is 0.890. The molecule has 0 unspecified atom stereocenters. The minimum Gasteiger partial charge on any atom is -0.465 e. The number of carboxylic acid groups (broad SMARTS) is 1. The van der Waals surface area contributed by atoms with Gasteiger partial charge in [0.05, 0.1) is 5.56 Å². The van der Waals surface area contributed by atoms with Crippen LogP contribution in [-0.2, 0) is 6.18 Å².